The minimum absolute atomic E-state index is 0.154. The van der Waals surface area contributed by atoms with E-state index in [1.807, 2.05) is 19.9 Å². The van der Waals surface area contributed by atoms with Crippen molar-refractivity contribution in [2.24, 2.45) is 0 Å². The van der Waals surface area contributed by atoms with Crippen molar-refractivity contribution in [1.29, 1.82) is 0 Å². The van der Waals surface area contributed by atoms with Gasteiger partial charge in [0.15, 0.2) is 0 Å². The van der Waals surface area contributed by atoms with Gasteiger partial charge < -0.3 is 0 Å². The maximum Gasteiger partial charge on any atom is 0.234 e. The standard InChI is InChI=1S/C13H18N3O4S/c1-3-11-8-10(4-6-15(11)17)13-14-9(2)12(21-13)5-7-20-16(18)19/h4,6,8,17-19H,3,5,7H2,1-2H3/q+1. The Morgan fingerprint density at radius 3 is 2.86 bits per heavy atom. The first-order valence-corrected chi connectivity index (χ1v) is 7.34. The van der Waals surface area contributed by atoms with Crippen molar-refractivity contribution in [1.82, 2.24) is 10.4 Å². The number of hydrogen-bond donors (Lipinski definition) is 3. The molecular formula is C13H18N3O4S+. The van der Waals surface area contributed by atoms with Crippen molar-refractivity contribution in [3.63, 3.8) is 0 Å². The highest BCUT2D eigenvalue weighted by Crippen LogP contribution is 2.28. The first kappa shape index (κ1) is 15.8. The molecule has 0 aliphatic carbocycles. The zero-order valence-corrected chi connectivity index (χ0v) is 12.7. The summed E-state index contributed by atoms with van der Waals surface area (Å²) in [5.41, 5.74) is 2.64. The van der Waals surface area contributed by atoms with Gasteiger partial charge in [0.1, 0.15) is 5.01 Å². The van der Waals surface area contributed by atoms with Crippen molar-refractivity contribution >= 4 is 11.3 Å². The molecule has 0 bridgehead atoms. The fourth-order valence-corrected chi connectivity index (χ4v) is 2.98. The third-order valence-corrected chi connectivity index (χ3v) is 4.32. The van der Waals surface area contributed by atoms with Crippen molar-refractivity contribution in [2.45, 2.75) is 26.7 Å². The predicted molar refractivity (Wildman–Crippen MR) is 74.1 cm³/mol. The predicted octanol–water partition coefficient (Wildman–Crippen LogP) is 1.76. The van der Waals surface area contributed by atoms with Gasteiger partial charge in [-0.2, -0.15) is 0 Å². The number of nitrogens with zero attached hydrogens (tertiary/aromatic N) is 3. The Morgan fingerprint density at radius 1 is 1.43 bits per heavy atom. The molecule has 114 valence electrons. The summed E-state index contributed by atoms with van der Waals surface area (Å²) in [6.45, 7) is 4.03. The molecule has 0 unspecified atom stereocenters. The minimum Gasteiger partial charge on any atom is -0.285 e. The van der Waals surface area contributed by atoms with Gasteiger partial charge in [-0.3, -0.25) is 20.5 Å². The van der Waals surface area contributed by atoms with E-state index < -0.39 is 0 Å². The molecule has 0 fully saturated rings. The highest BCUT2D eigenvalue weighted by molar-refractivity contribution is 7.15. The average molecular weight is 312 g/mol. The topological polar surface area (TPSA) is 89.9 Å². The van der Waals surface area contributed by atoms with E-state index in [4.69, 9.17) is 10.4 Å². The van der Waals surface area contributed by atoms with Gasteiger partial charge in [-0.15, -0.1) is 11.3 Å². The Morgan fingerprint density at radius 2 is 2.19 bits per heavy atom. The second kappa shape index (κ2) is 6.92. The smallest absolute Gasteiger partial charge is 0.234 e. The number of pyridine rings is 1. The van der Waals surface area contributed by atoms with Crippen LogP contribution in [0, 0.1) is 6.92 Å². The SMILES string of the molecule is CCc1cc(-c2nc(C)c(CCON(O)O)s2)cc[n+]1O. The molecule has 0 aliphatic heterocycles. The summed E-state index contributed by atoms with van der Waals surface area (Å²) in [6, 6.07) is 3.71. The molecule has 8 heteroatoms. The Balaban J connectivity index is 2.18. The molecule has 0 aliphatic rings. The van der Waals surface area contributed by atoms with Crippen molar-refractivity contribution in [3.8, 4) is 10.6 Å². The number of aromatic nitrogens is 2. The highest BCUT2D eigenvalue weighted by Gasteiger charge is 2.14. The molecule has 21 heavy (non-hydrogen) atoms. The summed E-state index contributed by atoms with van der Waals surface area (Å²) in [5.74, 6) is 0. The molecule has 3 N–H and O–H groups in total. The van der Waals surface area contributed by atoms with Gasteiger partial charge in [0, 0.05) is 40.1 Å². The fraction of sp³-hybridized carbons (Fsp3) is 0.385. The summed E-state index contributed by atoms with van der Waals surface area (Å²) < 4.78 is 1.11. The van der Waals surface area contributed by atoms with Gasteiger partial charge in [0.2, 0.25) is 11.9 Å². The summed E-state index contributed by atoms with van der Waals surface area (Å²) >= 11 is 1.53. The quantitative estimate of drug-likeness (QED) is 0.428. The van der Waals surface area contributed by atoms with Gasteiger partial charge in [-0.25, -0.2) is 4.98 Å². The molecule has 2 aromatic heterocycles. The normalized spacial score (nSPS) is 11.3. The van der Waals surface area contributed by atoms with E-state index in [0.717, 1.165) is 38.0 Å². The van der Waals surface area contributed by atoms with E-state index >= 15 is 0 Å². The summed E-state index contributed by atoms with van der Waals surface area (Å²) in [7, 11) is 0. The van der Waals surface area contributed by atoms with Gasteiger partial charge >= 0.3 is 0 Å². The Kier molecular flexibility index (Phi) is 5.21. The fourth-order valence-electron chi connectivity index (χ4n) is 1.94. The highest BCUT2D eigenvalue weighted by atomic mass is 32.1. The van der Waals surface area contributed by atoms with Crippen molar-refractivity contribution < 1.29 is 25.2 Å². The maximum atomic E-state index is 9.64. The summed E-state index contributed by atoms with van der Waals surface area (Å²) in [4.78, 5) is 10.1. The van der Waals surface area contributed by atoms with Crippen molar-refractivity contribution in [2.75, 3.05) is 6.61 Å². The van der Waals surface area contributed by atoms with Crippen LogP contribution in [0.15, 0.2) is 18.3 Å². The Hall–Kier alpha value is -1.58. The minimum atomic E-state index is -0.290. The van der Waals surface area contributed by atoms with E-state index in [1.54, 1.807) is 12.3 Å². The molecule has 0 saturated heterocycles. The largest absolute Gasteiger partial charge is 0.285 e. The van der Waals surface area contributed by atoms with Crippen LogP contribution >= 0.6 is 11.3 Å². The van der Waals surface area contributed by atoms with Gasteiger partial charge in [0.25, 0.3) is 0 Å². The van der Waals surface area contributed by atoms with Crippen LogP contribution in [0.1, 0.15) is 23.2 Å². The summed E-state index contributed by atoms with van der Waals surface area (Å²) in [5, 5.41) is 27.2. The van der Waals surface area contributed by atoms with Crippen LogP contribution < -0.4 is 4.73 Å². The van der Waals surface area contributed by atoms with E-state index in [1.165, 1.54) is 11.3 Å². The van der Waals surface area contributed by atoms with Crippen LogP contribution in [0.4, 0.5) is 0 Å². The molecule has 0 aromatic carbocycles. The monoisotopic (exact) mass is 312 g/mol. The molecule has 0 spiro atoms. The van der Waals surface area contributed by atoms with Gasteiger partial charge in [-0.05, 0) is 6.92 Å². The third kappa shape index (κ3) is 3.96. The van der Waals surface area contributed by atoms with E-state index in [0.29, 0.717) is 6.42 Å². The molecule has 0 saturated carbocycles. The molecule has 2 aromatic rings. The van der Waals surface area contributed by atoms with E-state index in [2.05, 4.69) is 9.82 Å². The number of thiazole rings is 1. The number of aryl methyl sites for hydroxylation is 2. The first-order valence-electron chi connectivity index (χ1n) is 6.52. The average Bonchev–Trinajstić information content (AvgIpc) is 2.80. The second-order valence-corrected chi connectivity index (χ2v) is 5.55. The van der Waals surface area contributed by atoms with Crippen LogP contribution in [0.2, 0.25) is 0 Å². The molecule has 2 heterocycles. The lowest BCUT2D eigenvalue weighted by molar-refractivity contribution is -0.909. The third-order valence-electron chi connectivity index (χ3n) is 3.05. The van der Waals surface area contributed by atoms with Crippen LogP contribution in [-0.4, -0.2) is 32.6 Å². The lowest BCUT2D eigenvalue weighted by Gasteiger charge is -2.04. The lowest BCUT2D eigenvalue weighted by Crippen LogP contribution is -2.34. The molecular weight excluding hydrogens is 294 g/mol. The molecule has 7 nitrogen and oxygen atoms in total. The van der Waals surface area contributed by atoms with E-state index in [9.17, 15) is 5.21 Å². The Bertz CT molecular complexity index is 615. The molecule has 0 atom stereocenters. The second-order valence-electron chi connectivity index (χ2n) is 4.47. The van der Waals surface area contributed by atoms with Crippen LogP contribution in [0.3, 0.4) is 0 Å². The van der Waals surface area contributed by atoms with Crippen LogP contribution in [0.5, 0.6) is 0 Å². The molecule has 0 amide bonds. The lowest BCUT2D eigenvalue weighted by atomic mass is 10.2. The molecule has 2 rings (SSSR count). The zero-order valence-electron chi connectivity index (χ0n) is 11.9. The number of rotatable bonds is 6. The first-order chi connectivity index (χ1) is 10.0. The zero-order chi connectivity index (χ0) is 15.4. The van der Waals surface area contributed by atoms with Crippen LogP contribution in [-0.2, 0) is 17.7 Å². The van der Waals surface area contributed by atoms with Crippen LogP contribution in [0.25, 0.3) is 10.6 Å². The van der Waals surface area contributed by atoms with E-state index in [-0.39, 0.29) is 12.0 Å². The van der Waals surface area contributed by atoms with Crippen molar-refractivity contribution in [3.05, 3.63) is 34.6 Å². The maximum absolute atomic E-state index is 9.64. The summed E-state index contributed by atoms with van der Waals surface area (Å²) in [6.07, 6.45) is 2.86. The van der Waals surface area contributed by atoms with Gasteiger partial charge in [0.05, 0.1) is 17.7 Å². The Labute approximate surface area is 126 Å². The van der Waals surface area contributed by atoms with Gasteiger partial charge in [-0.1, -0.05) is 6.92 Å². The molecule has 0 radical (unpaired) electrons. The number of hydrogen-bond acceptors (Lipinski definition) is 7.